The van der Waals surface area contributed by atoms with E-state index in [9.17, 15) is 14.3 Å². The highest BCUT2D eigenvalue weighted by Crippen LogP contribution is 2.26. The molecule has 0 bridgehead atoms. The number of anilines is 3. The normalized spacial score (nSPS) is 10.9. The molecule has 0 aliphatic rings. The first-order valence-corrected chi connectivity index (χ1v) is 11.8. The van der Waals surface area contributed by atoms with E-state index < -0.39 is 11.7 Å². The van der Waals surface area contributed by atoms with Crippen molar-refractivity contribution in [3.05, 3.63) is 114 Å². The summed E-state index contributed by atoms with van der Waals surface area (Å²) in [6, 6.07) is 24.8. The summed E-state index contributed by atoms with van der Waals surface area (Å²) < 4.78 is 14.3. The monoisotopic (exact) mass is 519 g/mol. The second-order valence-electron chi connectivity index (χ2n) is 8.43. The van der Waals surface area contributed by atoms with E-state index in [1.54, 1.807) is 42.6 Å². The number of halogens is 1. The van der Waals surface area contributed by atoms with Gasteiger partial charge in [0.05, 0.1) is 30.0 Å². The van der Waals surface area contributed by atoms with E-state index in [2.05, 4.69) is 30.8 Å². The third-order valence-electron chi connectivity index (χ3n) is 5.67. The number of nitrogens with one attached hydrogen (secondary N) is 2. The van der Waals surface area contributed by atoms with Gasteiger partial charge in [-0.15, -0.1) is 0 Å². The minimum Gasteiger partial charge on any atom is -0.508 e. The maximum atomic E-state index is 14.3. The smallest absolute Gasteiger partial charge is 0.248 e. The van der Waals surface area contributed by atoms with Gasteiger partial charge in [0.2, 0.25) is 11.9 Å². The molecule has 192 valence electrons. The SMILES string of the molecule is NC(=O)c1cccc(-c2nc(N/N=C/c3ccc(Nc4ccc(-c5cccc(O)c5)cc4)cn3)ncc2F)c1. The van der Waals surface area contributed by atoms with Crippen LogP contribution < -0.4 is 16.5 Å². The lowest BCUT2D eigenvalue weighted by molar-refractivity contribution is 0.100. The van der Waals surface area contributed by atoms with Crippen molar-refractivity contribution >= 4 is 29.4 Å². The average Bonchev–Trinajstić information content (AvgIpc) is 2.95. The topological polar surface area (TPSA) is 138 Å². The van der Waals surface area contributed by atoms with Gasteiger partial charge >= 0.3 is 0 Å². The van der Waals surface area contributed by atoms with Crippen molar-refractivity contribution in [3.63, 3.8) is 0 Å². The third kappa shape index (κ3) is 6.20. The number of pyridine rings is 1. The van der Waals surface area contributed by atoms with E-state index in [0.29, 0.717) is 11.3 Å². The standard InChI is InChI=1S/C29H22FN7O2/c30-26-17-33-29(36-27(26)20-4-1-5-21(13-20)28(31)39)37-34-16-23-11-12-24(15-32-23)35-22-9-7-18(8-10-22)19-3-2-6-25(38)14-19/h1-17,35,38H,(H2,31,39)(H,33,36,37)/b34-16+. The summed E-state index contributed by atoms with van der Waals surface area (Å²) in [5, 5.41) is 17.0. The Bertz CT molecular complexity index is 1660. The Kier molecular flexibility index (Phi) is 7.17. The van der Waals surface area contributed by atoms with Crippen LogP contribution in [0.5, 0.6) is 5.75 Å². The number of carbonyl (C=O) groups is 1. The van der Waals surface area contributed by atoms with Crippen LogP contribution >= 0.6 is 0 Å². The number of aromatic hydroxyl groups is 1. The van der Waals surface area contributed by atoms with E-state index >= 15 is 0 Å². The van der Waals surface area contributed by atoms with Gasteiger partial charge in [-0.3, -0.25) is 9.78 Å². The average molecular weight is 520 g/mol. The Morgan fingerprint density at radius 2 is 1.64 bits per heavy atom. The minimum atomic E-state index is -0.648. The van der Waals surface area contributed by atoms with Crippen molar-refractivity contribution in [1.82, 2.24) is 15.0 Å². The van der Waals surface area contributed by atoms with Crippen LogP contribution in [0.15, 0.2) is 102 Å². The number of hydrogen-bond donors (Lipinski definition) is 4. The molecule has 1 amide bonds. The van der Waals surface area contributed by atoms with Gasteiger partial charge in [0.1, 0.15) is 11.4 Å². The molecule has 0 saturated heterocycles. The maximum Gasteiger partial charge on any atom is 0.248 e. The van der Waals surface area contributed by atoms with E-state index in [0.717, 1.165) is 28.7 Å². The summed E-state index contributed by atoms with van der Waals surface area (Å²) in [5.74, 6) is -0.975. The molecule has 0 aliphatic heterocycles. The molecule has 0 radical (unpaired) electrons. The Balaban J connectivity index is 1.21. The fourth-order valence-electron chi connectivity index (χ4n) is 3.75. The van der Waals surface area contributed by atoms with Crippen molar-refractivity contribution < 1.29 is 14.3 Å². The van der Waals surface area contributed by atoms with Crippen LogP contribution in [0.2, 0.25) is 0 Å². The first kappa shape index (κ1) is 25.0. The molecule has 39 heavy (non-hydrogen) atoms. The first-order valence-electron chi connectivity index (χ1n) is 11.8. The molecule has 5 N–H and O–H groups in total. The van der Waals surface area contributed by atoms with Crippen LogP contribution in [-0.2, 0) is 0 Å². The van der Waals surface area contributed by atoms with E-state index in [4.69, 9.17) is 5.73 Å². The molecule has 0 aliphatic carbocycles. The zero-order valence-corrected chi connectivity index (χ0v) is 20.4. The lowest BCUT2D eigenvalue weighted by Gasteiger charge is -2.08. The quantitative estimate of drug-likeness (QED) is 0.160. The van der Waals surface area contributed by atoms with Gasteiger partial charge < -0.3 is 16.2 Å². The maximum absolute atomic E-state index is 14.3. The van der Waals surface area contributed by atoms with Crippen molar-refractivity contribution in [2.45, 2.75) is 0 Å². The minimum absolute atomic E-state index is 0.00861. The number of aromatic nitrogens is 3. The van der Waals surface area contributed by atoms with Crippen molar-refractivity contribution in [1.29, 1.82) is 0 Å². The molecule has 10 heteroatoms. The zero-order chi connectivity index (χ0) is 27.2. The van der Waals surface area contributed by atoms with Crippen LogP contribution in [-0.4, -0.2) is 32.2 Å². The number of nitrogens with two attached hydrogens (primary N) is 1. The predicted molar refractivity (Wildman–Crippen MR) is 148 cm³/mol. The second-order valence-corrected chi connectivity index (χ2v) is 8.43. The molecule has 2 heterocycles. The molecule has 5 aromatic rings. The highest BCUT2D eigenvalue weighted by molar-refractivity contribution is 5.94. The van der Waals surface area contributed by atoms with Gasteiger partial charge in [-0.25, -0.2) is 19.8 Å². The number of hydrogen-bond acceptors (Lipinski definition) is 8. The Labute approximate surface area is 222 Å². The predicted octanol–water partition coefficient (Wildman–Crippen LogP) is 5.34. The number of rotatable bonds is 8. The molecular formula is C29H22FN7O2. The number of carbonyl (C=O) groups excluding carboxylic acids is 1. The summed E-state index contributed by atoms with van der Waals surface area (Å²) in [4.78, 5) is 23.9. The summed E-state index contributed by atoms with van der Waals surface area (Å²) in [5.41, 5.74) is 12.8. The first-order chi connectivity index (χ1) is 18.9. The molecule has 3 aromatic carbocycles. The summed E-state index contributed by atoms with van der Waals surface area (Å²) in [6.07, 6.45) is 4.17. The van der Waals surface area contributed by atoms with E-state index in [1.165, 1.54) is 18.3 Å². The molecule has 0 unspecified atom stereocenters. The lowest BCUT2D eigenvalue weighted by Crippen LogP contribution is -2.10. The number of nitrogens with zero attached hydrogens (tertiary/aromatic N) is 4. The van der Waals surface area contributed by atoms with Gasteiger partial charge in [0.15, 0.2) is 5.82 Å². The zero-order valence-electron chi connectivity index (χ0n) is 20.4. The second kappa shape index (κ2) is 11.2. The Morgan fingerprint density at radius 1 is 0.872 bits per heavy atom. The lowest BCUT2D eigenvalue weighted by atomic mass is 10.1. The Morgan fingerprint density at radius 3 is 2.38 bits per heavy atom. The molecule has 0 fully saturated rings. The molecule has 0 saturated carbocycles. The van der Waals surface area contributed by atoms with E-state index in [1.807, 2.05) is 36.4 Å². The summed E-state index contributed by atoms with van der Waals surface area (Å²) in [7, 11) is 0. The van der Waals surface area contributed by atoms with Crippen LogP contribution in [0.4, 0.5) is 21.7 Å². The van der Waals surface area contributed by atoms with Gasteiger partial charge in [-0.1, -0.05) is 36.4 Å². The molecular weight excluding hydrogens is 497 g/mol. The highest BCUT2D eigenvalue weighted by atomic mass is 19.1. The molecule has 0 spiro atoms. The van der Waals surface area contributed by atoms with Crippen LogP contribution in [0.1, 0.15) is 16.1 Å². The number of primary amides is 1. The van der Waals surface area contributed by atoms with Crippen molar-refractivity contribution in [3.8, 4) is 28.1 Å². The fourth-order valence-corrected chi connectivity index (χ4v) is 3.75. The number of phenolic OH excluding ortho intramolecular Hbond substituents is 1. The van der Waals surface area contributed by atoms with Crippen LogP contribution in [0.3, 0.4) is 0 Å². The van der Waals surface area contributed by atoms with E-state index in [-0.39, 0.29) is 23.0 Å². The Hall–Kier alpha value is -5.64. The van der Waals surface area contributed by atoms with Crippen molar-refractivity contribution in [2.24, 2.45) is 10.8 Å². The van der Waals surface area contributed by atoms with Gasteiger partial charge in [-0.2, -0.15) is 5.10 Å². The molecule has 9 nitrogen and oxygen atoms in total. The number of phenols is 1. The molecule has 0 atom stereocenters. The number of hydrazone groups is 1. The van der Waals surface area contributed by atoms with Crippen LogP contribution in [0, 0.1) is 5.82 Å². The molecule has 5 rings (SSSR count). The number of amides is 1. The summed E-state index contributed by atoms with van der Waals surface area (Å²) >= 11 is 0. The van der Waals surface area contributed by atoms with Gasteiger partial charge in [0, 0.05) is 16.8 Å². The van der Waals surface area contributed by atoms with Crippen molar-refractivity contribution in [2.75, 3.05) is 10.7 Å². The number of benzene rings is 3. The fraction of sp³-hybridized carbons (Fsp3) is 0. The largest absolute Gasteiger partial charge is 0.508 e. The highest BCUT2D eigenvalue weighted by Gasteiger charge is 2.11. The third-order valence-corrected chi connectivity index (χ3v) is 5.67. The summed E-state index contributed by atoms with van der Waals surface area (Å²) in [6.45, 7) is 0. The van der Waals surface area contributed by atoms with Crippen LogP contribution in [0.25, 0.3) is 22.4 Å². The van der Waals surface area contributed by atoms with Gasteiger partial charge in [-0.05, 0) is 59.7 Å². The van der Waals surface area contributed by atoms with Gasteiger partial charge in [0.25, 0.3) is 0 Å². The molecule has 2 aromatic heterocycles.